The normalized spacial score (nSPS) is 17.9. The third-order valence-electron chi connectivity index (χ3n) is 6.30. The van der Waals surface area contributed by atoms with E-state index in [4.69, 9.17) is 41.1 Å². The summed E-state index contributed by atoms with van der Waals surface area (Å²) >= 11 is 6.22. The molecule has 0 saturated carbocycles. The second-order valence-corrected chi connectivity index (χ2v) is 9.20. The van der Waals surface area contributed by atoms with Crippen LogP contribution in [0.2, 0.25) is 5.02 Å². The molecular formula is C26H28ClN3O5. The van der Waals surface area contributed by atoms with Crippen molar-refractivity contribution in [2.24, 2.45) is 0 Å². The van der Waals surface area contributed by atoms with E-state index in [1.165, 1.54) is 11.1 Å². The van der Waals surface area contributed by atoms with Gasteiger partial charge in [-0.1, -0.05) is 48.0 Å². The van der Waals surface area contributed by atoms with E-state index in [0.717, 1.165) is 61.0 Å². The Balaban J connectivity index is 0.000000431. The first-order valence-electron chi connectivity index (χ1n) is 11.5. The molecule has 0 spiro atoms. The van der Waals surface area contributed by atoms with E-state index in [-0.39, 0.29) is 12.2 Å². The number of carboxylic acids is 2. The van der Waals surface area contributed by atoms with Gasteiger partial charge in [0.2, 0.25) is 0 Å². The minimum atomic E-state index is -1.82. The molecule has 35 heavy (non-hydrogen) atoms. The van der Waals surface area contributed by atoms with Gasteiger partial charge >= 0.3 is 11.9 Å². The molecule has 0 aliphatic carbocycles. The first kappa shape index (κ1) is 24.9. The fourth-order valence-electron chi connectivity index (χ4n) is 4.45. The number of benzene rings is 2. The van der Waals surface area contributed by atoms with Crippen LogP contribution in [0.4, 0.5) is 0 Å². The molecule has 1 atom stereocenters. The zero-order valence-electron chi connectivity index (χ0n) is 19.4. The van der Waals surface area contributed by atoms with Crippen molar-refractivity contribution in [1.82, 2.24) is 14.5 Å². The fourth-order valence-corrected chi connectivity index (χ4v) is 4.64. The molecule has 1 unspecified atom stereocenters. The molecular weight excluding hydrogens is 470 g/mol. The van der Waals surface area contributed by atoms with Crippen molar-refractivity contribution in [2.75, 3.05) is 20.1 Å². The lowest BCUT2D eigenvalue weighted by Gasteiger charge is -2.32. The standard InChI is InChI=1S/C24H26ClN3O.C2H2O4/c1-27-12-10-20(11-13-27)29-23-21-8-3-2-5-17(21)9-14-28-16-22(26-24(23)28)18-6-4-7-19(25)15-18;3-1(4)2(5)6/h2-8,15-16,20,23H,9-14H2,1H3;(H,3,4)(H,5,6). The van der Waals surface area contributed by atoms with Gasteiger partial charge in [-0.15, -0.1) is 0 Å². The zero-order chi connectivity index (χ0) is 24.9. The number of rotatable bonds is 3. The molecule has 1 aromatic heterocycles. The maximum atomic E-state index is 9.10. The number of imidazole rings is 1. The highest BCUT2D eigenvalue weighted by Crippen LogP contribution is 2.36. The molecule has 0 amide bonds. The molecule has 0 radical (unpaired) electrons. The van der Waals surface area contributed by atoms with E-state index >= 15 is 0 Å². The van der Waals surface area contributed by atoms with Crippen molar-refractivity contribution in [1.29, 1.82) is 0 Å². The van der Waals surface area contributed by atoms with E-state index in [1.54, 1.807) is 0 Å². The van der Waals surface area contributed by atoms with Gasteiger partial charge in [0, 0.05) is 36.4 Å². The SMILES string of the molecule is CN1CCC(OC2c3ccccc3CCn3cc(-c4cccc(Cl)c4)nc32)CC1.O=C(O)C(=O)O. The number of carboxylic acid groups (broad SMARTS) is 2. The topological polar surface area (TPSA) is 105 Å². The maximum absolute atomic E-state index is 9.10. The van der Waals surface area contributed by atoms with Gasteiger partial charge in [0.15, 0.2) is 0 Å². The summed E-state index contributed by atoms with van der Waals surface area (Å²) in [5.74, 6) is -2.64. The summed E-state index contributed by atoms with van der Waals surface area (Å²) in [6.45, 7) is 3.08. The van der Waals surface area contributed by atoms with Crippen molar-refractivity contribution < 1.29 is 24.5 Å². The number of fused-ring (bicyclic) bond motifs is 2. The second-order valence-electron chi connectivity index (χ2n) is 8.77. The molecule has 8 nitrogen and oxygen atoms in total. The Hall–Kier alpha value is -3.20. The van der Waals surface area contributed by atoms with E-state index in [2.05, 4.69) is 53.0 Å². The lowest BCUT2D eigenvalue weighted by atomic mass is 10.00. The van der Waals surface area contributed by atoms with Crippen LogP contribution >= 0.6 is 11.6 Å². The van der Waals surface area contributed by atoms with Crippen LogP contribution in [-0.2, 0) is 27.3 Å². The van der Waals surface area contributed by atoms with E-state index in [1.807, 2.05) is 18.2 Å². The van der Waals surface area contributed by atoms with Crippen LogP contribution < -0.4 is 0 Å². The lowest BCUT2D eigenvalue weighted by Crippen LogP contribution is -2.35. The molecule has 2 N–H and O–H groups in total. The molecule has 0 bridgehead atoms. The molecule has 3 heterocycles. The van der Waals surface area contributed by atoms with Crippen LogP contribution in [0.1, 0.15) is 35.9 Å². The van der Waals surface area contributed by atoms with Gasteiger partial charge in [-0.3, -0.25) is 0 Å². The third kappa shape index (κ3) is 6.08. The summed E-state index contributed by atoms with van der Waals surface area (Å²) in [6.07, 6.45) is 5.41. The third-order valence-corrected chi connectivity index (χ3v) is 6.53. The van der Waals surface area contributed by atoms with Crippen LogP contribution in [0.25, 0.3) is 11.3 Å². The van der Waals surface area contributed by atoms with Gasteiger partial charge < -0.3 is 24.4 Å². The summed E-state index contributed by atoms with van der Waals surface area (Å²) < 4.78 is 9.02. The average molecular weight is 498 g/mol. The quantitative estimate of drug-likeness (QED) is 0.524. The van der Waals surface area contributed by atoms with Crippen molar-refractivity contribution in [3.8, 4) is 11.3 Å². The summed E-state index contributed by atoms with van der Waals surface area (Å²) in [5, 5.41) is 15.5. The molecule has 5 rings (SSSR count). The molecule has 9 heteroatoms. The van der Waals surface area contributed by atoms with Gasteiger partial charge in [-0.25, -0.2) is 14.6 Å². The summed E-state index contributed by atoms with van der Waals surface area (Å²) in [5.41, 5.74) is 4.62. The smallest absolute Gasteiger partial charge is 0.414 e. The monoisotopic (exact) mass is 497 g/mol. The van der Waals surface area contributed by atoms with Crippen LogP contribution in [0.5, 0.6) is 0 Å². The number of aromatic nitrogens is 2. The predicted molar refractivity (Wildman–Crippen MR) is 132 cm³/mol. The second kappa shape index (κ2) is 11.0. The fraction of sp³-hybridized carbons (Fsp3) is 0.346. The molecule has 1 saturated heterocycles. The van der Waals surface area contributed by atoms with Gasteiger partial charge in [-0.2, -0.15) is 0 Å². The summed E-state index contributed by atoms with van der Waals surface area (Å²) in [4.78, 5) is 25.6. The van der Waals surface area contributed by atoms with Crippen molar-refractivity contribution >= 4 is 23.5 Å². The Kier molecular flexibility index (Phi) is 7.85. The number of likely N-dealkylation sites (tertiary alicyclic amines) is 1. The van der Waals surface area contributed by atoms with Gasteiger partial charge in [0.25, 0.3) is 0 Å². The number of nitrogens with zero attached hydrogens (tertiary/aromatic N) is 3. The molecule has 2 aromatic carbocycles. The minimum Gasteiger partial charge on any atom is -0.473 e. The van der Waals surface area contributed by atoms with Crippen molar-refractivity contribution in [3.05, 3.63) is 76.7 Å². The molecule has 1 fully saturated rings. The van der Waals surface area contributed by atoms with E-state index in [9.17, 15) is 0 Å². The Morgan fingerprint density at radius 2 is 1.74 bits per heavy atom. The number of aryl methyl sites for hydroxylation is 2. The number of halogens is 1. The van der Waals surface area contributed by atoms with Crippen LogP contribution in [0, 0.1) is 0 Å². The Morgan fingerprint density at radius 1 is 1.03 bits per heavy atom. The number of hydrogen-bond acceptors (Lipinski definition) is 5. The number of hydrogen-bond donors (Lipinski definition) is 2. The Labute approximate surface area is 208 Å². The largest absolute Gasteiger partial charge is 0.473 e. The van der Waals surface area contributed by atoms with Gasteiger partial charge in [0.1, 0.15) is 11.9 Å². The first-order valence-corrected chi connectivity index (χ1v) is 11.9. The van der Waals surface area contributed by atoms with E-state index < -0.39 is 11.9 Å². The minimum absolute atomic E-state index is 0.130. The summed E-state index contributed by atoms with van der Waals surface area (Å²) in [7, 11) is 2.18. The van der Waals surface area contributed by atoms with Crippen LogP contribution in [0.3, 0.4) is 0 Å². The van der Waals surface area contributed by atoms with Crippen molar-refractivity contribution in [2.45, 2.75) is 38.0 Å². The lowest BCUT2D eigenvalue weighted by molar-refractivity contribution is -0.159. The van der Waals surface area contributed by atoms with E-state index in [0.29, 0.717) is 0 Å². The first-order chi connectivity index (χ1) is 16.8. The zero-order valence-corrected chi connectivity index (χ0v) is 20.2. The highest BCUT2D eigenvalue weighted by molar-refractivity contribution is 6.30. The summed E-state index contributed by atoms with van der Waals surface area (Å²) in [6, 6.07) is 16.6. The van der Waals surface area contributed by atoms with Crippen LogP contribution in [-0.4, -0.2) is 62.8 Å². The maximum Gasteiger partial charge on any atom is 0.414 e. The number of carbonyl (C=O) groups is 2. The number of piperidine rings is 1. The molecule has 2 aliphatic heterocycles. The van der Waals surface area contributed by atoms with Crippen molar-refractivity contribution in [3.63, 3.8) is 0 Å². The average Bonchev–Trinajstić information content (AvgIpc) is 3.21. The number of aliphatic carboxylic acids is 2. The Bertz CT molecular complexity index is 1190. The predicted octanol–water partition coefficient (Wildman–Crippen LogP) is 4.12. The van der Waals surface area contributed by atoms with Gasteiger partial charge in [0.05, 0.1) is 11.8 Å². The molecule has 184 valence electrons. The number of ether oxygens (including phenoxy) is 1. The van der Waals surface area contributed by atoms with Gasteiger partial charge in [-0.05, 0) is 49.6 Å². The highest BCUT2D eigenvalue weighted by Gasteiger charge is 2.30. The molecule has 2 aliphatic rings. The van der Waals surface area contributed by atoms with Crippen LogP contribution in [0.15, 0.2) is 54.7 Å². The molecule has 3 aromatic rings. The highest BCUT2D eigenvalue weighted by atomic mass is 35.5. The Morgan fingerprint density at radius 3 is 2.43 bits per heavy atom.